The number of halogens is 2. The maximum atomic E-state index is 13.9. The quantitative estimate of drug-likeness (QED) is 0.142. The lowest BCUT2D eigenvalue weighted by molar-refractivity contribution is -0.118. The molecule has 5 rings (SSSR count). The summed E-state index contributed by atoms with van der Waals surface area (Å²) in [6.45, 7) is 7.96. The number of rotatable bonds is 11. The molecule has 0 aliphatic carbocycles. The molecule has 0 fully saturated rings. The topological polar surface area (TPSA) is 104 Å². The second kappa shape index (κ2) is 14.6. The third-order valence-corrected chi connectivity index (χ3v) is 8.04. The predicted molar refractivity (Wildman–Crippen MR) is 186 cm³/mol. The molecule has 1 aromatic heterocycles. The number of anilines is 1. The molecule has 0 saturated carbocycles. The number of nitrogens with one attached hydrogen (secondary N) is 1. The molecular formula is C36H34BrFN4O5. The van der Waals surface area contributed by atoms with Gasteiger partial charge in [0.15, 0.2) is 23.9 Å². The minimum Gasteiger partial charge on any atom is -0.496 e. The molecule has 1 heterocycles. The first kappa shape index (κ1) is 33.3. The molecule has 0 radical (unpaired) electrons. The summed E-state index contributed by atoms with van der Waals surface area (Å²) in [4.78, 5) is 31.3. The number of carbonyl (C=O) groups excluding carboxylic acids is 1. The zero-order valence-corrected chi connectivity index (χ0v) is 28.2. The minimum atomic E-state index is -0.425. The number of fused-ring (bicyclic) bond motifs is 1. The molecule has 0 spiro atoms. The van der Waals surface area contributed by atoms with Crippen LogP contribution in [0.25, 0.3) is 22.3 Å². The Morgan fingerprint density at radius 2 is 1.77 bits per heavy atom. The Morgan fingerprint density at radius 3 is 2.47 bits per heavy atom. The van der Waals surface area contributed by atoms with Crippen molar-refractivity contribution < 1.29 is 23.4 Å². The highest BCUT2D eigenvalue weighted by Gasteiger charge is 2.19. The van der Waals surface area contributed by atoms with Crippen molar-refractivity contribution in [3.8, 4) is 28.6 Å². The van der Waals surface area contributed by atoms with E-state index in [4.69, 9.17) is 19.2 Å². The van der Waals surface area contributed by atoms with Crippen LogP contribution < -0.4 is 25.1 Å². The summed E-state index contributed by atoms with van der Waals surface area (Å²) in [6, 6.07) is 19.9. The van der Waals surface area contributed by atoms with E-state index < -0.39 is 11.7 Å². The van der Waals surface area contributed by atoms with E-state index in [-0.39, 0.29) is 18.1 Å². The van der Waals surface area contributed by atoms with E-state index in [0.29, 0.717) is 50.6 Å². The average Bonchev–Trinajstić information content (AvgIpc) is 3.05. The Kier molecular flexibility index (Phi) is 10.4. The fourth-order valence-electron chi connectivity index (χ4n) is 5.00. The fourth-order valence-corrected chi connectivity index (χ4v) is 5.42. The van der Waals surface area contributed by atoms with Crippen LogP contribution in [0.2, 0.25) is 0 Å². The van der Waals surface area contributed by atoms with Gasteiger partial charge in [0.25, 0.3) is 11.5 Å². The standard InChI is InChI=1S/C36H34BrFN4O5/c1-6-46-32-16-23(29(37)18-33(32)47-20-34(43)40-25-13-11-24(38)12-14-25)19-39-42-35(41-30-10-8-7-9-26(30)36(42)44)28-17-27(21(2)3)31(45-5)15-22(28)4/h7-19,21H,6,20H2,1-5H3,(H,40,43). The van der Waals surface area contributed by atoms with Gasteiger partial charge in [0, 0.05) is 21.3 Å². The number of aromatic nitrogens is 2. The average molecular weight is 702 g/mol. The van der Waals surface area contributed by atoms with Crippen molar-refractivity contribution in [2.75, 3.05) is 25.6 Å². The normalized spacial score (nSPS) is 11.3. The van der Waals surface area contributed by atoms with Crippen molar-refractivity contribution in [1.29, 1.82) is 0 Å². The minimum absolute atomic E-state index is 0.163. The molecule has 9 nitrogen and oxygen atoms in total. The first-order valence-corrected chi connectivity index (χ1v) is 15.8. The Labute approximate surface area is 280 Å². The SMILES string of the molecule is CCOc1cc(C=Nn2c(-c3cc(C(C)C)c(OC)cc3C)nc3ccccc3c2=O)c(Br)cc1OCC(=O)Nc1ccc(F)cc1. The molecule has 0 aliphatic rings. The Hall–Kier alpha value is -5.03. The van der Waals surface area contributed by atoms with E-state index >= 15 is 0 Å². The van der Waals surface area contributed by atoms with E-state index in [0.717, 1.165) is 22.4 Å². The van der Waals surface area contributed by atoms with E-state index in [9.17, 15) is 14.0 Å². The van der Waals surface area contributed by atoms with Crippen LogP contribution >= 0.6 is 15.9 Å². The van der Waals surface area contributed by atoms with Crippen LogP contribution in [0.4, 0.5) is 10.1 Å². The van der Waals surface area contributed by atoms with Crippen molar-refractivity contribution in [2.45, 2.75) is 33.6 Å². The van der Waals surface area contributed by atoms with E-state index in [1.54, 1.807) is 43.7 Å². The molecule has 47 heavy (non-hydrogen) atoms. The monoisotopic (exact) mass is 700 g/mol. The fraction of sp³-hybridized carbons (Fsp3) is 0.222. The Balaban J connectivity index is 1.52. The molecule has 1 N–H and O–H groups in total. The van der Waals surface area contributed by atoms with Gasteiger partial charge in [-0.05, 0) is 107 Å². The van der Waals surface area contributed by atoms with Crippen LogP contribution in [0.5, 0.6) is 17.2 Å². The van der Waals surface area contributed by atoms with Crippen LogP contribution in [-0.4, -0.2) is 42.1 Å². The lowest BCUT2D eigenvalue weighted by Gasteiger charge is -2.17. The second-order valence-corrected chi connectivity index (χ2v) is 11.8. The van der Waals surface area contributed by atoms with Gasteiger partial charge < -0.3 is 19.5 Å². The number of para-hydroxylation sites is 1. The molecule has 0 unspecified atom stereocenters. The van der Waals surface area contributed by atoms with Crippen molar-refractivity contribution >= 4 is 44.6 Å². The molecule has 0 atom stereocenters. The smallest absolute Gasteiger partial charge is 0.282 e. The number of carbonyl (C=O) groups is 1. The van der Waals surface area contributed by atoms with Crippen LogP contribution in [0.3, 0.4) is 0 Å². The summed E-state index contributed by atoms with van der Waals surface area (Å²) >= 11 is 3.57. The lowest BCUT2D eigenvalue weighted by Crippen LogP contribution is -2.21. The van der Waals surface area contributed by atoms with Gasteiger partial charge in [0.2, 0.25) is 0 Å². The number of methoxy groups -OCH3 is 1. The summed E-state index contributed by atoms with van der Waals surface area (Å²) in [7, 11) is 1.64. The molecule has 11 heteroatoms. The highest BCUT2D eigenvalue weighted by molar-refractivity contribution is 9.10. The highest BCUT2D eigenvalue weighted by atomic mass is 79.9. The third-order valence-electron chi connectivity index (χ3n) is 7.36. The summed E-state index contributed by atoms with van der Waals surface area (Å²) in [6.07, 6.45) is 1.54. The number of hydrogen-bond donors (Lipinski definition) is 1. The Bertz CT molecular complexity index is 2030. The van der Waals surface area contributed by atoms with Gasteiger partial charge in [0.1, 0.15) is 11.6 Å². The first-order valence-electron chi connectivity index (χ1n) is 15.0. The summed E-state index contributed by atoms with van der Waals surface area (Å²) in [5.41, 5.74) is 3.89. The number of benzene rings is 4. The number of nitrogens with zero attached hydrogens (tertiary/aromatic N) is 3. The molecule has 0 saturated heterocycles. The van der Waals surface area contributed by atoms with Gasteiger partial charge >= 0.3 is 0 Å². The van der Waals surface area contributed by atoms with Crippen molar-refractivity contribution in [1.82, 2.24) is 9.66 Å². The summed E-state index contributed by atoms with van der Waals surface area (Å²) < 4.78 is 32.4. The van der Waals surface area contributed by atoms with Crippen LogP contribution in [-0.2, 0) is 4.79 Å². The van der Waals surface area contributed by atoms with Crippen LogP contribution in [0.15, 0.2) is 87.2 Å². The van der Waals surface area contributed by atoms with Gasteiger partial charge in [-0.2, -0.15) is 9.78 Å². The highest BCUT2D eigenvalue weighted by Crippen LogP contribution is 2.35. The zero-order valence-electron chi connectivity index (χ0n) is 26.6. The second-order valence-electron chi connectivity index (χ2n) is 11.0. The maximum absolute atomic E-state index is 13.9. The van der Waals surface area contributed by atoms with E-state index in [1.165, 1.54) is 28.9 Å². The predicted octanol–water partition coefficient (Wildman–Crippen LogP) is 7.70. The third kappa shape index (κ3) is 7.52. The number of hydrogen-bond acceptors (Lipinski definition) is 7. The van der Waals surface area contributed by atoms with Gasteiger partial charge in [-0.1, -0.05) is 26.0 Å². The van der Waals surface area contributed by atoms with Crippen LogP contribution in [0.1, 0.15) is 43.4 Å². The van der Waals surface area contributed by atoms with Crippen LogP contribution in [0, 0.1) is 12.7 Å². The van der Waals surface area contributed by atoms with Crippen molar-refractivity contribution in [2.24, 2.45) is 5.10 Å². The van der Waals surface area contributed by atoms with Crippen molar-refractivity contribution in [3.05, 3.63) is 110 Å². The summed E-state index contributed by atoms with van der Waals surface area (Å²) in [5, 5.41) is 7.74. The Morgan fingerprint density at radius 1 is 1.04 bits per heavy atom. The van der Waals surface area contributed by atoms with Gasteiger partial charge in [-0.15, -0.1) is 0 Å². The number of ether oxygens (including phenoxy) is 3. The molecule has 0 bridgehead atoms. The largest absolute Gasteiger partial charge is 0.496 e. The van der Waals surface area contributed by atoms with E-state index in [1.807, 2.05) is 32.0 Å². The first-order chi connectivity index (χ1) is 22.6. The van der Waals surface area contributed by atoms with Gasteiger partial charge in [0.05, 0.1) is 30.8 Å². The molecule has 1 amide bonds. The molecule has 4 aromatic carbocycles. The maximum Gasteiger partial charge on any atom is 0.282 e. The molecule has 242 valence electrons. The zero-order chi connectivity index (χ0) is 33.7. The van der Waals surface area contributed by atoms with Gasteiger partial charge in [-0.3, -0.25) is 9.59 Å². The number of aryl methyl sites for hydroxylation is 1. The van der Waals surface area contributed by atoms with Gasteiger partial charge in [-0.25, -0.2) is 9.37 Å². The molecular weight excluding hydrogens is 667 g/mol. The lowest BCUT2D eigenvalue weighted by atomic mass is 9.96. The van der Waals surface area contributed by atoms with E-state index in [2.05, 4.69) is 40.2 Å². The summed E-state index contributed by atoms with van der Waals surface area (Å²) in [5.74, 6) is 1.20. The number of amides is 1. The molecule has 0 aliphatic heterocycles. The van der Waals surface area contributed by atoms with Crippen molar-refractivity contribution in [3.63, 3.8) is 0 Å². The molecule has 5 aromatic rings.